The number of rotatable bonds is 4. The van der Waals surface area contributed by atoms with Gasteiger partial charge in [-0.2, -0.15) is 0 Å². The lowest BCUT2D eigenvalue weighted by Crippen LogP contribution is -2.29. The SMILES string of the molecule is CCC(CN)C(=O)Nc1cc(C)ccc1F. The van der Waals surface area contributed by atoms with Crippen molar-refractivity contribution in [2.24, 2.45) is 11.7 Å². The van der Waals surface area contributed by atoms with Gasteiger partial charge in [-0.15, -0.1) is 0 Å². The molecule has 1 amide bonds. The summed E-state index contributed by atoms with van der Waals surface area (Å²) in [6, 6.07) is 4.61. The molecular weight excluding hydrogens is 207 g/mol. The van der Waals surface area contributed by atoms with Gasteiger partial charge in [0.05, 0.1) is 11.6 Å². The van der Waals surface area contributed by atoms with E-state index in [2.05, 4.69) is 5.32 Å². The molecular formula is C12H17FN2O. The molecule has 3 N–H and O–H groups in total. The molecule has 1 aromatic rings. The van der Waals surface area contributed by atoms with Crippen LogP contribution in [-0.4, -0.2) is 12.5 Å². The molecule has 1 rings (SSSR count). The number of nitrogens with one attached hydrogen (secondary N) is 1. The van der Waals surface area contributed by atoms with Crippen LogP contribution in [0.2, 0.25) is 0 Å². The molecule has 0 saturated carbocycles. The number of carbonyl (C=O) groups is 1. The van der Waals surface area contributed by atoms with Crippen molar-refractivity contribution in [2.75, 3.05) is 11.9 Å². The Kier molecular flexibility index (Phi) is 4.43. The first-order valence-electron chi connectivity index (χ1n) is 5.35. The standard InChI is InChI=1S/C12H17FN2O/c1-3-9(7-14)12(16)15-11-6-8(2)4-5-10(11)13/h4-6,9H,3,7,14H2,1-2H3,(H,15,16). The molecule has 0 heterocycles. The number of halogens is 1. The number of hydrogen-bond donors (Lipinski definition) is 2. The molecule has 0 radical (unpaired) electrons. The highest BCUT2D eigenvalue weighted by Gasteiger charge is 2.15. The Morgan fingerprint density at radius 1 is 1.56 bits per heavy atom. The molecule has 0 aliphatic carbocycles. The average molecular weight is 224 g/mol. The van der Waals surface area contributed by atoms with Crippen molar-refractivity contribution in [3.8, 4) is 0 Å². The maximum absolute atomic E-state index is 13.4. The molecule has 0 spiro atoms. The number of aryl methyl sites for hydroxylation is 1. The summed E-state index contributed by atoms with van der Waals surface area (Å²) in [7, 11) is 0. The van der Waals surface area contributed by atoms with Crippen molar-refractivity contribution in [2.45, 2.75) is 20.3 Å². The summed E-state index contributed by atoms with van der Waals surface area (Å²) in [4.78, 5) is 11.7. The number of carbonyl (C=O) groups excluding carboxylic acids is 1. The smallest absolute Gasteiger partial charge is 0.228 e. The molecule has 16 heavy (non-hydrogen) atoms. The topological polar surface area (TPSA) is 55.1 Å². The predicted molar refractivity (Wildman–Crippen MR) is 62.6 cm³/mol. The minimum Gasteiger partial charge on any atom is -0.330 e. The van der Waals surface area contributed by atoms with E-state index in [-0.39, 0.29) is 24.1 Å². The first-order valence-corrected chi connectivity index (χ1v) is 5.35. The number of anilines is 1. The molecule has 88 valence electrons. The molecule has 1 aromatic carbocycles. The van der Waals surface area contributed by atoms with Gasteiger partial charge in [-0.25, -0.2) is 4.39 Å². The van der Waals surface area contributed by atoms with Crippen molar-refractivity contribution in [3.63, 3.8) is 0 Å². The fourth-order valence-corrected chi connectivity index (χ4v) is 1.43. The minimum atomic E-state index is -0.425. The van der Waals surface area contributed by atoms with E-state index in [4.69, 9.17) is 5.73 Å². The summed E-state index contributed by atoms with van der Waals surface area (Å²) in [5.74, 6) is -0.916. The van der Waals surface area contributed by atoms with E-state index in [1.54, 1.807) is 12.1 Å². The lowest BCUT2D eigenvalue weighted by Gasteiger charge is -2.13. The summed E-state index contributed by atoms with van der Waals surface area (Å²) in [5, 5.41) is 2.56. The van der Waals surface area contributed by atoms with Gasteiger partial charge in [0.25, 0.3) is 0 Å². The Morgan fingerprint density at radius 3 is 2.81 bits per heavy atom. The maximum atomic E-state index is 13.4. The number of amides is 1. The van der Waals surface area contributed by atoms with Crippen LogP contribution < -0.4 is 11.1 Å². The molecule has 0 aliphatic heterocycles. The van der Waals surface area contributed by atoms with Gasteiger partial charge < -0.3 is 11.1 Å². The maximum Gasteiger partial charge on any atom is 0.228 e. The Hall–Kier alpha value is -1.42. The Balaban J connectivity index is 2.80. The van der Waals surface area contributed by atoms with Crippen molar-refractivity contribution in [3.05, 3.63) is 29.6 Å². The van der Waals surface area contributed by atoms with E-state index in [1.165, 1.54) is 6.07 Å². The largest absolute Gasteiger partial charge is 0.330 e. The second-order valence-electron chi connectivity index (χ2n) is 3.81. The second kappa shape index (κ2) is 5.61. The van der Waals surface area contributed by atoms with Crippen molar-refractivity contribution in [1.29, 1.82) is 0 Å². The third-order valence-corrected chi connectivity index (χ3v) is 2.53. The Bertz CT molecular complexity index is 375. The first kappa shape index (κ1) is 12.6. The second-order valence-corrected chi connectivity index (χ2v) is 3.81. The molecule has 1 atom stereocenters. The van der Waals surface area contributed by atoms with Crippen molar-refractivity contribution in [1.82, 2.24) is 0 Å². The molecule has 0 aromatic heterocycles. The van der Waals surface area contributed by atoms with Crippen LogP contribution in [0.1, 0.15) is 18.9 Å². The molecule has 1 unspecified atom stereocenters. The highest BCUT2D eigenvalue weighted by molar-refractivity contribution is 5.92. The van der Waals surface area contributed by atoms with E-state index >= 15 is 0 Å². The highest BCUT2D eigenvalue weighted by atomic mass is 19.1. The summed E-state index contributed by atoms with van der Waals surface area (Å²) in [5.41, 5.74) is 6.57. The quantitative estimate of drug-likeness (QED) is 0.822. The van der Waals surface area contributed by atoms with Crippen LogP contribution in [0, 0.1) is 18.7 Å². The van der Waals surface area contributed by atoms with Crippen LogP contribution in [0.25, 0.3) is 0 Å². The number of benzene rings is 1. The normalized spacial score (nSPS) is 12.2. The summed E-state index contributed by atoms with van der Waals surface area (Å²) in [6.07, 6.45) is 0.649. The molecule has 0 saturated heterocycles. The van der Waals surface area contributed by atoms with Crippen LogP contribution in [0.15, 0.2) is 18.2 Å². The fourth-order valence-electron chi connectivity index (χ4n) is 1.43. The van der Waals surface area contributed by atoms with Crippen molar-refractivity contribution >= 4 is 11.6 Å². The lowest BCUT2D eigenvalue weighted by molar-refractivity contribution is -0.119. The minimum absolute atomic E-state index is 0.219. The molecule has 0 fully saturated rings. The van der Waals surface area contributed by atoms with Crippen LogP contribution in [0.3, 0.4) is 0 Å². The van der Waals surface area contributed by atoms with Gasteiger partial charge in [-0.1, -0.05) is 13.0 Å². The van der Waals surface area contributed by atoms with Gasteiger partial charge in [-0.3, -0.25) is 4.79 Å². The van der Waals surface area contributed by atoms with E-state index in [1.807, 2.05) is 13.8 Å². The van der Waals surface area contributed by atoms with Crippen molar-refractivity contribution < 1.29 is 9.18 Å². The molecule has 3 nitrogen and oxygen atoms in total. The summed E-state index contributed by atoms with van der Waals surface area (Å²) in [6.45, 7) is 3.99. The van der Waals surface area contributed by atoms with Crippen LogP contribution >= 0.6 is 0 Å². The van der Waals surface area contributed by atoms with E-state index in [0.29, 0.717) is 6.42 Å². The molecule has 0 bridgehead atoms. The third kappa shape index (κ3) is 3.03. The lowest BCUT2D eigenvalue weighted by atomic mass is 10.1. The van der Waals surface area contributed by atoms with Crippen LogP contribution in [0.5, 0.6) is 0 Å². The predicted octanol–water partition coefficient (Wildman–Crippen LogP) is 2.06. The third-order valence-electron chi connectivity index (χ3n) is 2.53. The monoisotopic (exact) mass is 224 g/mol. The summed E-state index contributed by atoms with van der Waals surface area (Å²) >= 11 is 0. The average Bonchev–Trinajstić information content (AvgIpc) is 2.25. The zero-order valence-corrected chi connectivity index (χ0v) is 9.59. The van der Waals surface area contributed by atoms with E-state index < -0.39 is 5.82 Å². The van der Waals surface area contributed by atoms with Crippen LogP contribution in [-0.2, 0) is 4.79 Å². The molecule has 4 heteroatoms. The van der Waals surface area contributed by atoms with Gasteiger partial charge in [0.1, 0.15) is 5.82 Å². The molecule has 0 aliphatic rings. The van der Waals surface area contributed by atoms with Gasteiger partial charge in [0.2, 0.25) is 5.91 Å². The Labute approximate surface area is 94.8 Å². The zero-order chi connectivity index (χ0) is 12.1. The van der Waals surface area contributed by atoms with Gasteiger partial charge in [-0.05, 0) is 31.0 Å². The first-order chi connectivity index (χ1) is 7.58. The van der Waals surface area contributed by atoms with Crippen LogP contribution in [0.4, 0.5) is 10.1 Å². The number of nitrogens with two attached hydrogens (primary N) is 1. The van der Waals surface area contributed by atoms with Gasteiger partial charge in [0.15, 0.2) is 0 Å². The number of hydrogen-bond acceptors (Lipinski definition) is 2. The zero-order valence-electron chi connectivity index (χ0n) is 9.59. The van der Waals surface area contributed by atoms with Gasteiger partial charge in [0, 0.05) is 6.54 Å². The van der Waals surface area contributed by atoms with E-state index in [0.717, 1.165) is 5.56 Å². The summed E-state index contributed by atoms with van der Waals surface area (Å²) < 4.78 is 13.4. The Morgan fingerprint density at radius 2 is 2.25 bits per heavy atom. The highest BCUT2D eigenvalue weighted by Crippen LogP contribution is 2.16. The fraction of sp³-hybridized carbons (Fsp3) is 0.417. The van der Waals surface area contributed by atoms with E-state index in [9.17, 15) is 9.18 Å². The van der Waals surface area contributed by atoms with Gasteiger partial charge >= 0.3 is 0 Å².